The van der Waals surface area contributed by atoms with Gasteiger partial charge in [0.15, 0.2) is 0 Å². The average Bonchev–Trinajstić information content (AvgIpc) is 3.73. The van der Waals surface area contributed by atoms with Crippen LogP contribution in [-0.4, -0.2) is 80.9 Å². The fourth-order valence-electron chi connectivity index (χ4n) is 7.31. The Morgan fingerprint density at radius 1 is 0.923 bits per heavy atom. The molecule has 52 heavy (non-hydrogen) atoms. The first kappa shape index (κ1) is 40.1. The number of fused-ring (bicyclic) bond motifs is 1. The van der Waals surface area contributed by atoms with Crippen LogP contribution in [0.15, 0.2) is 48.9 Å². The topological polar surface area (TPSA) is 180 Å². The van der Waals surface area contributed by atoms with Crippen LogP contribution >= 0.6 is 0 Å². The molecule has 13 nitrogen and oxygen atoms in total. The molecule has 13 heteroatoms. The van der Waals surface area contributed by atoms with Crippen LogP contribution in [0.1, 0.15) is 109 Å². The first-order valence-electron chi connectivity index (χ1n) is 18.6. The van der Waals surface area contributed by atoms with Gasteiger partial charge in [0.05, 0.1) is 18.3 Å². The van der Waals surface area contributed by atoms with Crippen LogP contribution in [0.4, 0.5) is 0 Å². The van der Waals surface area contributed by atoms with Crippen LogP contribution in [0.2, 0.25) is 0 Å². The van der Waals surface area contributed by atoms with Crippen LogP contribution in [0.5, 0.6) is 0 Å². The summed E-state index contributed by atoms with van der Waals surface area (Å²) in [6, 6.07) is 4.93. The van der Waals surface area contributed by atoms with Crippen molar-refractivity contribution in [3.63, 3.8) is 0 Å². The number of likely N-dealkylation sites (tertiary alicyclic amines) is 1. The Morgan fingerprint density at radius 3 is 2.25 bits per heavy atom. The molecular formula is C39H55N7O6. The van der Waals surface area contributed by atoms with Gasteiger partial charge in [-0.25, -0.2) is 4.98 Å². The molecule has 1 saturated heterocycles. The maximum atomic E-state index is 14.6. The van der Waals surface area contributed by atoms with Gasteiger partial charge in [0.25, 0.3) is 11.8 Å². The molecule has 0 bridgehead atoms. The largest absolute Gasteiger partial charge is 0.344 e. The summed E-state index contributed by atoms with van der Waals surface area (Å²) in [6.45, 7) is 13.3. The molecule has 1 aromatic carbocycles. The number of aromatic nitrogens is 2. The predicted molar refractivity (Wildman–Crippen MR) is 195 cm³/mol. The summed E-state index contributed by atoms with van der Waals surface area (Å²) in [5, 5.41) is 11.3. The Hall–Kier alpha value is -4.68. The third-order valence-corrected chi connectivity index (χ3v) is 10.5. The van der Waals surface area contributed by atoms with Crippen LogP contribution < -0.4 is 21.3 Å². The first-order valence-corrected chi connectivity index (χ1v) is 18.6. The Kier molecular flexibility index (Phi) is 13.6. The fourth-order valence-corrected chi connectivity index (χ4v) is 7.31. The van der Waals surface area contributed by atoms with E-state index >= 15 is 0 Å². The van der Waals surface area contributed by atoms with Gasteiger partial charge in [-0.2, -0.15) is 0 Å². The standard InChI is InChI=1S/C39H55N7O6/c1-8-14-28(32(47)37(51)42-24(4)25-15-11-10-12-16-25)43-36(50)31-27-18-13-17-26(27)22-46(31)38(52)33(39(5,6)7)45-35(49)30(23(3)9-2)44-34(48)29-21-40-19-20-41-29/h10-12,15-16,19-21,23-24,26-28,30-31,33H,8-9,13-14,17-18,22H2,1-7H3,(H,42,51)(H,43,50)(H,44,48)(H,45,49)/t23?,24-,26-,27-,28-,30-,31?,33+/m0/s1. The van der Waals surface area contributed by atoms with Crippen molar-refractivity contribution in [2.75, 3.05) is 6.54 Å². The number of nitrogens with one attached hydrogen (secondary N) is 4. The second-order valence-corrected chi connectivity index (χ2v) is 15.3. The van der Waals surface area contributed by atoms with E-state index in [2.05, 4.69) is 31.2 Å². The SMILES string of the molecule is CCC[C@H](NC(=O)C1[C@H]2CCC[C@H]2CN1C(=O)[C@@H](NC(=O)[C@@H](NC(=O)c1cnccn1)C(C)CC)C(C)(C)C)C(=O)C(=O)N[C@@H](C)c1ccccc1. The lowest BCUT2D eigenvalue weighted by Gasteiger charge is -2.37. The molecule has 1 aliphatic carbocycles. The highest BCUT2D eigenvalue weighted by atomic mass is 16.2. The number of hydrogen-bond acceptors (Lipinski definition) is 8. The lowest BCUT2D eigenvalue weighted by molar-refractivity contribution is -0.146. The van der Waals surface area contributed by atoms with Crippen molar-refractivity contribution in [2.45, 2.75) is 117 Å². The zero-order chi connectivity index (χ0) is 38.2. The normalized spacial score (nSPS) is 21.1. The van der Waals surface area contributed by atoms with Crippen molar-refractivity contribution in [3.05, 3.63) is 60.2 Å². The smallest absolute Gasteiger partial charge is 0.290 e. The quantitative estimate of drug-likeness (QED) is 0.202. The molecule has 1 aromatic heterocycles. The first-order chi connectivity index (χ1) is 24.7. The van der Waals surface area contributed by atoms with Crippen LogP contribution in [-0.2, 0) is 24.0 Å². The third kappa shape index (κ3) is 9.60. The molecule has 0 spiro atoms. The number of hydrogen-bond donors (Lipinski definition) is 4. The highest BCUT2D eigenvalue weighted by molar-refractivity contribution is 6.38. The third-order valence-electron chi connectivity index (χ3n) is 10.5. The lowest BCUT2D eigenvalue weighted by Crippen LogP contribution is -2.62. The van der Waals surface area contributed by atoms with E-state index in [4.69, 9.17) is 0 Å². The van der Waals surface area contributed by atoms with Crippen molar-refractivity contribution in [3.8, 4) is 0 Å². The Balaban J connectivity index is 1.54. The molecule has 282 valence electrons. The summed E-state index contributed by atoms with van der Waals surface area (Å²) < 4.78 is 0. The van der Waals surface area contributed by atoms with Crippen molar-refractivity contribution < 1.29 is 28.8 Å². The van der Waals surface area contributed by atoms with Crippen LogP contribution in [0.25, 0.3) is 0 Å². The minimum atomic E-state index is -1.06. The molecule has 5 amide bonds. The van der Waals surface area contributed by atoms with Gasteiger partial charge in [-0.3, -0.25) is 33.8 Å². The summed E-state index contributed by atoms with van der Waals surface area (Å²) in [7, 11) is 0. The van der Waals surface area contributed by atoms with Crippen molar-refractivity contribution in [2.24, 2.45) is 23.2 Å². The summed E-state index contributed by atoms with van der Waals surface area (Å²) in [5.74, 6) is -3.81. The summed E-state index contributed by atoms with van der Waals surface area (Å²) >= 11 is 0. The lowest BCUT2D eigenvalue weighted by atomic mass is 9.84. The number of carbonyl (C=O) groups excluding carboxylic acids is 6. The molecule has 0 radical (unpaired) electrons. The second-order valence-electron chi connectivity index (χ2n) is 15.3. The summed E-state index contributed by atoms with van der Waals surface area (Å²) in [5.41, 5.74) is 0.137. The van der Waals surface area contributed by atoms with E-state index in [1.54, 1.807) is 11.8 Å². The summed E-state index contributed by atoms with van der Waals surface area (Å²) in [6.07, 6.45) is 8.03. The number of rotatable bonds is 15. The second kappa shape index (κ2) is 17.7. The van der Waals surface area contributed by atoms with Gasteiger partial charge in [-0.15, -0.1) is 0 Å². The zero-order valence-electron chi connectivity index (χ0n) is 31.5. The van der Waals surface area contributed by atoms with Crippen LogP contribution in [0, 0.1) is 23.2 Å². The van der Waals surface area contributed by atoms with E-state index in [1.807, 2.05) is 71.9 Å². The van der Waals surface area contributed by atoms with Crippen molar-refractivity contribution >= 4 is 35.3 Å². The molecule has 2 unspecified atom stereocenters. The Morgan fingerprint density at radius 2 is 1.63 bits per heavy atom. The highest BCUT2D eigenvalue weighted by Crippen LogP contribution is 2.43. The Labute approximate surface area is 306 Å². The molecular weight excluding hydrogens is 662 g/mol. The van der Waals surface area contributed by atoms with Gasteiger partial charge in [0.2, 0.25) is 23.5 Å². The number of Topliss-reactive ketones (excluding diaryl/α,β-unsaturated/α-hetero) is 1. The van der Waals surface area contributed by atoms with Gasteiger partial charge < -0.3 is 26.2 Å². The van der Waals surface area contributed by atoms with E-state index < -0.39 is 70.9 Å². The molecule has 2 aromatic rings. The minimum absolute atomic E-state index is 0.0626. The molecule has 1 saturated carbocycles. The minimum Gasteiger partial charge on any atom is -0.344 e. The van der Waals surface area contributed by atoms with Gasteiger partial charge >= 0.3 is 0 Å². The molecule has 2 heterocycles. The molecule has 2 aliphatic rings. The number of amides is 5. The van der Waals surface area contributed by atoms with Gasteiger partial charge in [-0.05, 0) is 54.9 Å². The zero-order valence-corrected chi connectivity index (χ0v) is 31.5. The van der Waals surface area contributed by atoms with Gasteiger partial charge in [-0.1, -0.05) is 91.1 Å². The number of nitrogens with zero attached hydrogens (tertiary/aromatic N) is 3. The average molecular weight is 718 g/mol. The predicted octanol–water partition coefficient (Wildman–Crippen LogP) is 3.51. The highest BCUT2D eigenvalue weighted by Gasteiger charge is 2.52. The van der Waals surface area contributed by atoms with Gasteiger partial charge in [0, 0.05) is 18.9 Å². The maximum Gasteiger partial charge on any atom is 0.290 e. The van der Waals surface area contributed by atoms with Crippen LogP contribution in [0.3, 0.4) is 0 Å². The number of benzene rings is 1. The number of carbonyl (C=O) groups is 6. The van der Waals surface area contributed by atoms with E-state index in [1.165, 1.54) is 18.6 Å². The van der Waals surface area contributed by atoms with E-state index in [0.717, 1.165) is 24.8 Å². The Bertz CT molecular complexity index is 1580. The monoisotopic (exact) mass is 717 g/mol. The molecule has 1 aliphatic heterocycles. The fraction of sp³-hybridized carbons (Fsp3) is 0.590. The van der Waals surface area contributed by atoms with E-state index in [0.29, 0.717) is 19.4 Å². The van der Waals surface area contributed by atoms with Gasteiger partial charge in [0.1, 0.15) is 23.8 Å². The van der Waals surface area contributed by atoms with E-state index in [-0.39, 0.29) is 29.9 Å². The maximum absolute atomic E-state index is 14.6. The summed E-state index contributed by atoms with van der Waals surface area (Å²) in [4.78, 5) is 91.9. The number of ketones is 1. The van der Waals surface area contributed by atoms with Crippen molar-refractivity contribution in [1.29, 1.82) is 0 Å². The van der Waals surface area contributed by atoms with E-state index in [9.17, 15) is 28.8 Å². The van der Waals surface area contributed by atoms with Crippen molar-refractivity contribution in [1.82, 2.24) is 36.1 Å². The molecule has 4 rings (SSSR count). The molecule has 2 fully saturated rings. The molecule has 8 atom stereocenters. The molecule has 4 N–H and O–H groups in total.